The summed E-state index contributed by atoms with van der Waals surface area (Å²) in [6, 6.07) is 0. The third-order valence-corrected chi connectivity index (χ3v) is 2.07. The van der Waals surface area contributed by atoms with Gasteiger partial charge in [-0.05, 0) is 27.2 Å². The highest BCUT2D eigenvalue weighted by Crippen LogP contribution is 2.29. The van der Waals surface area contributed by atoms with Gasteiger partial charge in [-0.1, -0.05) is 12.2 Å². The average Bonchev–Trinajstić information content (AvgIpc) is 2.37. The summed E-state index contributed by atoms with van der Waals surface area (Å²) < 4.78 is 11.1. The highest BCUT2D eigenvalue weighted by molar-refractivity contribution is 4.88. The second kappa shape index (κ2) is 4.22. The van der Waals surface area contributed by atoms with E-state index in [0.717, 1.165) is 6.42 Å². The van der Waals surface area contributed by atoms with Gasteiger partial charge in [0.2, 0.25) is 0 Å². The van der Waals surface area contributed by atoms with Crippen LogP contribution in [0.4, 0.5) is 0 Å². The summed E-state index contributed by atoms with van der Waals surface area (Å²) in [6.45, 7) is 5.72. The molecule has 0 spiro atoms. The Balaban J connectivity index is 2.53. The number of hydrogen-bond acceptors (Lipinski definition) is 3. The van der Waals surface area contributed by atoms with Crippen LogP contribution in [-0.2, 0) is 9.47 Å². The molecular weight excluding hydrogens is 168 g/mol. The third kappa shape index (κ3) is 2.79. The minimum Gasteiger partial charge on any atom is -0.394 e. The van der Waals surface area contributed by atoms with Gasteiger partial charge in [0.25, 0.3) is 0 Å². The van der Waals surface area contributed by atoms with Gasteiger partial charge < -0.3 is 14.6 Å². The van der Waals surface area contributed by atoms with Crippen molar-refractivity contribution in [2.45, 2.75) is 45.2 Å². The summed E-state index contributed by atoms with van der Waals surface area (Å²) in [5, 5.41) is 9.04. The van der Waals surface area contributed by atoms with E-state index in [1.54, 1.807) is 0 Å². The molecule has 0 amide bonds. The lowest BCUT2D eigenvalue weighted by molar-refractivity contribution is -0.148. The molecule has 0 aliphatic carbocycles. The van der Waals surface area contributed by atoms with E-state index in [1.165, 1.54) is 0 Å². The Morgan fingerprint density at radius 3 is 2.46 bits per heavy atom. The molecule has 13 heavy (non-hydrogen) atoms. The maximum Gasteiger partial charge on any atom is 0.163 e. The van der Waals surface area contributed by atoms with Gasteiger partial charge in [0.1, 0.15) is 6.10 Å². The van der Waals surface area contributed by atoms with E-state index in [9.17, 15) is 0 Å². The summed E-state index contributed by atoms with van der Waals surface area (Å²) in [6.07, 6.45) is 4.59. The molecule has 0 radical (unpaired) electrons. The van der Waals surface area contributed by atoms with E-state index in [4.69, 9.17) is 14.6 Å². The van der Waals surface area contributed by atoms with Crippen molar-refractivity contribution in [3.63, 3.8) is 0 Å². The predicted molar refractivity (Wildman–Crippen MR) is 50.3 cm³/mol. The van der Waals surface area contributed by atoms with Crippen LogP contribution in [0.2, 0.25) is 0 Å². The number of ether oxygens (including phenoxy) is 2. The van der Waals surface area contributed by atoms with Gasteiger partial charge in [0, 0.05) is 0 Å². The quantitative estimate of drug-likeness (QED) is 0.678. The first-order valence-electron chi connectivity index (χ1n) is 4.66. The fourth-order valence-corrected chi connectivity index (χ4v) is 1.53. The molecule has 2 atom stereocenters. The first-order chi connectivity index (χ1) is 6.09. The zero-order chi connectivity index (χ0) is 9.90. The van der Waals surface area contributed by atoms with Gasteiger partial charge in [-0.15, -0.1) is 0 Å². The minimum absolute atomic E-state index is 0.0174. The van der Waals surface area contributed by atoms with Crippen LogP contribution in [0.25, 0.3) is 0 Å². The minimum atomic E-state index is -0.556. The molecule has 1 N–H and O–H groups in total. The van der Waals surface area contributed by atoms with Crippen LogP contribution in [0, 0.1) is 0 Å². The van der Waals surface area contributed by atoms with Gasteiger partial charge >= 0.3 is 0 Å². The predicted octanol–water partition coefficient (Wildman–Crippen LogP) is 1.47. The lowest BCUT2D eigenvalue weighted by Crippen LogP contribution is -2.25. The summed E-state index contributed by atoms with van der Waals surface area (Å²) in [5.74, 6) is -0.556. The van der Waals surface area contributed by atoms with E-state index < -0.39 is 5.79 Å². The zero-order valence-corrected chi connectivity index (χ0v) is 8.49. The second-order valence-electron chi connectivity index (χ2n) is 3.70. The fourth-order valence-electron chi connectivity index (χ4n) is 1.53. The molecule has 0 aromatic rings. The Morgan fingerprint density at radius 2 is 1.92 bits per heavy atom. The summed E-state index contributed by atoms with van der Waals surface area (Å²) in [4.78, 5) is 0. The average molecular weight is 186 g/mol. The monoisotopic (exact) mass is 186 g/mol. The SMILES string of the molecule is C/C=C/C[C@@H]1OC(C)(C)OC1CO. The molecule has 0 saturated carbocycles. The van der Waals surface area contributed by atoms with Crippen molar-refractivity contribution in [2.75, 3.05) is 6.61 Å². The highest BCUT2D eigenvalue weighted by Gasteiger charge is 2.39. The van der Waals surface area contributed by atoms with Crippen LogP contribution in [0.15, 0.2) is 12.2 Å². The second-order valence-corrected chi connectivity index (χ2v) is 3.70. The molecule has 0 aromatic carbocycles. The zero-order valence-electron chi connectivity index (χ0n) is 8.49. The molecule has 1 aliphatic rings. The number of aliphatic hydroxyl groups is 1. The first kappa shape index (κ1) is 10.7. The van der Waals surface area contributed by atoms with Crippen LogP contribution in [0.3, 0.4) is 0 Å². The molecule has 1 aliphatic heterocycles. The number of rotatable bonds is 3. The first-order valence-corrected chi connectivity index (χ1v) is 4.66. The lowest BCUT2D eigenvalue weighted by Gasteiger charge is -2.16. The smallest absolute Gasteiger partial charge is 0.163 e. The fraction of sp³-hybridized carbons (Fsp3) is 0.800. The maximum absolute atomic E-state index is 9.04. The van der Waals surface area contributed by atoms with Gasteiger partial charge in [-0.2, -0.15) is 0 Å². The Kier molecular flexibility index (Phi) is 3.47. The largest absolute Gasteiger partial charge is 0.394 e. The molecule has 1 rings (SSSR count). The van der Waals surface area contributed by atoms with Crippen LogP contribution in [0.5, 0.6) is 0 Å². The topological polar surface area (TPSA) is 38.7 Å². The van der Waals surface area contributed by atoms with E-state index in [1.807, 2.05) is 32.9 Å². The Labute approximate surface area is 79.3 Å². The molecule has 1 unspecified atom stereocenters. The number of hydrogen-bond donors (Lipinski definition) is 1. The normalized spacial score (nSPS) is 32.9. The standard InChI is InChI=1S/C10H18O3/c1-4-5-6-8-9(7-11)13-10(2,3)12-8/h4-5,8-9,11H,6-7H2,1-3H3/b5-4+/t8-,9?/m0/s1. The summed E-state index contributed by atoms with van der Waals surface area (Å²) in [5.41, 5.74) is 0. The molecule has 1 heterocycles. The van der Waals surface area contributed by atoms with E-state index >= 15 is 0 Å². The van der Waals surface area contributed by atoms with Crippen LogP contribution in [0.1, 0.15) is 27.2 Å². The van der Waals surface area contributed by atoms with Gasteiger partial charge in [-0.3, -0.25) is 0 Å². The van der Waals surface area contributed by atoms with Crippen molar-refractivity contribution < 1.29 is 14.6 Å². The summed E-state index contributed by atoms with van der Waals surface area (Å²) in [7, 11) is 0. The number of allylic oxidation sites excluding steroid dienone is 1. The lowest BCUT2D eigenvalue weighted by atomic mass is 10.1. The van der Waals surface area contributed by atoms with Gasteiger partial charge in [-0.25, -0.2) is 0 Å². The van der Waals surface area contributed by atoms with E-state index in [2.05, 4.69) is 0 Å². The van der Waals surface area contributed by atoms with Crippen molar-refractivity contribution in [3.05, 3.63) is 12.2 Å². The highest BCUT2D eigenvalue weighted by atomic mass is 16.8. The molecular formula is C10H18O3. The van der Waals surface area contributed by atoms with Crippen LogP contribution in [-0.4, -0.2) is 29.7 Å². The molecule has 76 valence electrons. The van der Waals surface area contributed by atoms with Crippen LogP contribution >= 0.6 is 0 Å². The van der Waals surface area contributed by atoms with Crippen molar-refractivity contribution in [1.82, 2.24) is 0 Å². The van der Waals surface area contributed by atoms with Gasteiger partial charge in [0.05, 0.1) is 12.7 Å². The van der Waals surface area contributed by atoms with Crippen molar-refractivity contribution in [1.29, 1.82) is 0 Å². The molecule has 3 heteroatoms. The molecule has 0 bridgehead atoms. The molecule has 1 fully saturated rings. The Hall–Kier alpha value is -0.380. The maximum atomic E-state index is 9.04. The third-order valence-electron chi connectivity index (χ3n) is 2.07. The van der Waals surface area contributed by atoms with E-state index in [-0.39, 0.29) is 18.8 Å². The number of aliphatic hydroxyl groups excluding tert-OH is 1. The van der Waals surface area contributed by atoms with Crippen molar-refractivity contribution in [2.24, 2.45) is 0 Å². The van der Waals surface area contributed by atoms with Crippen LogP contribution < -0.4 is 0 Å². The molecule has 1 saturated heterocycles. The van der Waals surface area contributed by atoms with Crippen molar-refractivity contribution >= 4 is 0 Å². The molecule has 0 aromatic heterocycles. The van der Waals surface area contributed by atoms with Crippen molar-refractivity contribution in [3.8, 4) is 0 Å². The van der Waals surface area contributed by atoms with E-state index in [0.29, 0.717) is 0 Å². The summed E-state index contributed by atoms with van der Waals surface area (Å²) >= 11 is 0. The van der Waals surface area contributed by atoms with Gasteiger partial charge in [0.15, 0.2) is 5.79 Å². The molecule has 3 nitrogen and oxygen atoms in total. The Morgan fingerprint density at radius 1 is 1.31 bits per heavy atom. The Bertz CT molecular complexity index is 187.